The van der Waals surface area contributed by atoms with Crippen LogP contribution in [0.2, 0.25) is 0 Å². The van der Waals surface area contributed by atoms with Gasteiger partial charge >= 0.3 is 0 Å². The van der Waals surface area contributed by atoms with Crippen molar-refractivity contribution in [3.05, 3.63) is 114 Å². The van der Waals surface area contributed by atoms with Crippen molar-refractivity contribution < 1.29 is 23.1 Å². The smallest absolute Gasteiger partial charge is 0.279 e. The Balaban J connectivity index is 1.86. The first-order valence-corrected chi connectivity index (χ1v) is 10.5. The molecule has 0 fully saturated rings. The maximum atomic E-state index is 14.2. The van der Waals surface area contributed by atoms with E-state index in [1.165, 1.54) is 68.2 Å². The van der Waals surface area contributed by atoms with Crippen molar-refractivity contribution in [2.24, 2.45) is 0 Å². The van der Waals surface area contributed by atoms with Gasteiger partial charge in [0.25, 0.3) is 11.8 Å². The van der Waals surface area contributed by atoms with E-state index in [2.05, 4.69) is 15.3 Å². The average molecular weight is 474 g/mol. The molecule has 3 aromatic carbocycles. The van der Waals surface area contributed by atoms with Crippen LogP contribution >= 0.6 is 0 Å². The highest BCUT2D eigenvalue weighted by Gasteiger charge is 2.34. The Morgan fingerprint density at radius 2 is 1.71 bits per heavy atom. The molecule has 0 radical (unpaired) electrons. The Morgan fingerprint density at radius 3 is 2.40 bits per heavy atom. The van der Waals surface area contributed by atoms with Crippen LogP contribution in [0.15, 0.2) is 91.4 Å². The van der Waals surface area contributed by atoms with Crippen molar-refractivity contribution in [3.8, 4) is 5.75 Å². The van der Waals surface area contributed by atoms with Gasteiger partial charge in [-0.05, 0) is 60.2 Å². The Morgan fingerprint density at radius 1 is 0.943 bits per heavy atom. The predicted octanol–water partition coefficient (Wildman–Crippen LogP) is 4.79. The standard InChI is InChI=1S/C26H20F2N4O3/c1-35-22-7-2-4-17(14-22)24(25(33)31-20-10-8-18(27)9-11-20)32(21-6-3-5-19(28)15-21)26(34)23-16-29-12-13-30-23/h2-16,24H,1H3,(H,31,33)/t24-/m1/s1. The maximum absolute atomic E-state index is 14.2. The number of hydrogen-bond donors (Lipinski definition) is 1. The number of benzene rings is 3. The van der Waals surface area contributed by atoms with E-state index >= 15 is 0 Å². The first-order chi connectivity index (χ1) is 17.0. The van der Waals surface area contributed by atoms with E-state index in [1.807, 2.05) is 0 Å². The summed E-state index contributed by atoms with van der Waals surface area (Å²) >= 11 is 0. The highest BCUT2D eigenvalue weighted by atomic mass is 19.1. The molecule has 4 rings (SSSR count). The molecule has 4 aromatic rings. The number of aromatic nitrogens is 2. The first-order valence-electron chi connectivity index (χ1n) is 10.5. The zero-order valence-corrected chi connectivity index (χ0v) is 18.6. The van der Waals surface area contributed by atoms with Crippen molar-refractivity contribution in [1.29, 1.82) is 0 Å². The summed E-state index contributed by atoms with van der Waals surface area (Å²) in [5.41, 5.74) is 0.794. The highest BCUT2D eigenvalue weighted by Crippen LogP contribution is 2.32. The van der Waals surface area contributed by atoms with E-state index in [-0.39, 0.29) is 11.4 Å². The van der Waals surface area contributed by atoms with Gasteiger partial charge in [-0.2, -0.15) is 0 Å². The second kappa shape index (κ2) is 10.5. The summed E-state index contributed by atoms with van der Waals surface area (Å²) in [4.78, 5) is 36.5. The van der Waals surface area contributed by atoms with Crippen LogP contribution in [0.5, 0.6) is 5.75 Å². The monoisotopic (exact) mass is 474 g/mol. The number of anilines is 2. The predicted molar refractivity (Wildman–Crippen MR) is 126 cm³/mol. The first kappa shape index (κ1) is 23.5. The molecule has 1 atom stereocenters. The van der Waals surface area contributed by atoms with Crippen molar-refractivity contribution >= 4 is 23.2 Å². The highest BCUT2D eigenvalue weighted by molar-refractivity contribution is 6.11. The molecule has 2 amide bonds. The average Bonchev–Trinajstić information content (AvgIpc) is 2.88. The fourth-order valence-electron chi connectivity index (χ4n) is 3.52. The molecular weight excluding hydrogens is 454 g/mol. The molecular formula is C26H20F2N4O3. The van der Waals surface area contributed by atoms with Crippen LogP contribution in [-0.4, -0.2) is 28.9 Å². The molecule has 176 valence electrons. The van der Waals surface area contributed by atoms with E-state index in [9.17, 15) is 18.4 Å². The van der Waals surface area contributed by atoms with Crippen LogP contribution in [0.25, 0.3) is 0 Å². The van der Waals surface area contributed by atoms with E-state index in [0.717, 1.165) is 11.0 Å². The van der Waals surface area contributed by atoms with E-state index in [1.54, 1.807) is 24.3 Å². The summed E-state index contributed by atoms with van der Waals surface area (Å²) in [7, 11) is 1.47. The molecule has 0 saturated carbocycles. The Kier molecular flexibility index (Phi) is 7.06. The SMILES string of the molecule is COc1cccc([C@H](C(=O)Nc2ccc(F)cc2)N(C(=O)c2cnccn2)c2cccc(F)c2)c1. The molecule has 0 bridgehead atoms. The molecule has 7 nitrogen and oxygen atoms in total. The number of amides is 2. The van der Waals surface area contributed by atoms with Gasteiger partial charge < -0.3 is 10.1 Å². The van der Waals surface area contributed by atoms with Crippen molar-refractivity contribution in [2.75, 3.05) is 17.3 Å². The molecule has 0 saturated heterocycles. The van der Waals surface area contributed by atoms with E-state index in [0.29, 0.717) is 17.0 Å². The summed E-state index contributed by atoms with van der Waals surface area (Å²) in [6.45, 7) is 0. The molecule has 1 N–H and O–H groups in total. The van der Waals surface area contributed by atoms with Crippen LogP contribution < -0.4 is 15.0 Å². The fourth-order valence-corrected chi connectivity index (χ4v) is 3.52. The van der Waals surface area contributed by atoms with Crippen LogP contribution in [0.4, 0.5) is 20.2 Å². The molecule has 35 heavy (non-hydrogen) atoms. The van der Waals surface area contributed by atoms with Gasteiger partial charge in [0.15, 0.2) is 0 Å². The van der Waals surface area contributed by atoms with Crippen LogP contribution in [-0.2, 0) is 4.79 Å². The fraction of sp³-hybridized carbons (Fsp3) is 0.0769. The lowest BCUT2D eigenvalue weighted by atomic mass is 10.0. The second-order valence-electron chi connectivity index (χ2n) is 7.42. The number of methoxy groups -OCH3 is 1. The lowest BCUT2D eigenvalue weighted by Crippen LogP contribution is -2.42. The zero-order valence-electron chi connectivity index (χ0n) is 18.6. The number of nitrogens with zero attached hydrogens (tertiary/aromatic N) is 3. The zero-order chi connectivity index (χ0) is 24.8. The second-order valence-corrected chi connectivity index (χ2v) is 7.42. The number of nitrogens with one attached hydrogen (secondary N) is 1. The van der Waals surface area contributed by atoms with Gasteiger partial charge in [-0.25, -0.2) is 13.8 Å². The van der Waals surface area contributed by atoms with E-state index < -0.39 is 29.5 Å². The largest absolute Gasteiger partial charge is 0.497 e. The van der Waals surface area contributed by atoms with Gasteiger partial charge in [0.05, 0.1) is 13.3 Å². The quantitative estimate of drug-likeness (QED) is 0.416. The Hall–Kier alpha value is -4.66. The number of carbonyl (C=O) groups is 2. The number of halogens is 2. The molecule has 0 aliphatic carbocycles. The maximum Gasteiger partial charge on any atom is 0.279 e. The van der Waals surface area contributed by atoms with Gasteiger partial charge in [-0.15, -0.1) is 0 Å². The number of hydrogen-bond acceptors (Lipinski definition) is 5. The summed E-state index contributed by atoms with van der Waals surface area (Å²) in [5.74, 6) is -1.90. The lowest BCUT2D eigenvalue weighted by molar-refractivity contribution is -0.117. The number of ether oxygens (including phenoxy) is 1. The van der Waals surface area contributed by atoms with Gasteiger partial charge in [-0.3, -0.25) is 19.5 Å². The van der Waals surface area contributed by atoms with Gasteiger partial charge in [0.2, 0.25) is 0 Å². The van der Waals surface area contributed by atoms with Gasteiger partial charge in [0.1, 0.15) is 29.1 Å². The molecule has 0 aliphatic heterocycles. The molecule has 1 heterocycles. The molecule has 0 aliphatic rings. The molecule has 0 spiro atoms. The molecule has 0 unspecified atom stereocenters. The van der Waals surface area contributed by atoms with Crippen LogP contribution in [0, 0.1) is 11.6 Å². The van der Waals surface area contributed by atoms with Crippen molar-refractivity contribution in [1.82, 2.24) is 9.97 Å². The molecule has 1 aromatic heterocycles. The summed E-state index contributed by atoms with van der Waals surface area (Å²) in [6.07, 6.45) is 4.01. The van der Waals surface area contributed by atoms with E-state index in [4.69, 9.17) is 4.74 Å². The number of carbonyl (C=O) groups excluding carboxylic acids is 2. The Labute approximate surface area is 200 Å². The third-order valence-corrected chi connectivity index (χ3v) is 5.12. The minimum absolute atomic E-state index is 0.0424. The minimum Gasteiger partial charge on any atom is -0.497 e. The summed E-state index contributed by atoms with van der Waals surface area (Å²) in [6, 6.07) is 15.8. The summed E-state index contributed by atoms with van der Waals surface area (Å²) < 4.78 is 32.9. The third kappa shape index (κ3) is 5.47. The van der Waals surface area contributed by atoms with Gasteiger partial charge in [0, 0.05) is 23.8 Å². The van der Waals surface area contributed by atoms with Crippen molar-refractivity contribution in [2.45, 2.75) is 6.04 Å². The third-order valence-electron chi connectivity index (χ3n) is 5.12. The van der Waals surface area contributed by atoms with Crippen LogP contribution in [0.3, 0.4) is 0 Å². The normalized spacial score (nSPS) is 11.4. The van der Waals surface area contributed by atoms with Crippen molar-refractivity contribution in [3.63, 3.8) is 0 Å². The summed E-state index contributed by atoms with van der Waals surface area (Å²) in [5, 5.41) is 2.71. The van der Waals surface area contributed by atoms with Crippen LogP contribution in [0.1, 0.15) is 22.1 Å². The minimum atomic E-state index is -1.27. The molecule has 9 heteroatoms. The topological polar surface area (TPSA) is 84.4 Å². The lowest BCUT2D eigenvalue weighted by Gasteiger charge is -2.31. The Bertz CT molecular complexity index is 1330. The van der Waals surface area contributed by atoms with Gasteiger partial charge in [-0.1, -0.05) is 18.2 Å². The number of rotatable bonds is 7.